The Morgan fingerprint density at radius 3 is 2.64 bits per heavy atom. The highest BCUT2D eigenvalue weighted by Crippen LogP contribution is 2.13. The zero-order valence-corrected chi connectivity index (χ0v) is 13.6. The maximum atomic E-state index is 11.6. The van der Waals surface area contributed by atoms with Gasteiger partial charge in [-0.25, -0.2) is 0 Å². The van der Waals surface area contributed by atoms with Gasteiger partial charge in [-0.2, -0.15) is 0 Å². The van der Waals surface area contributed by atoms with E-state index in [0.29, 0.717) is 12.1 Å². The summed E-state index contributed by atoms with van der Waals surface area (Å²) in [5.41, 5.74) is 0.641. The van der Waals surface area contributed by atoms with Crippen molar-refractivity contribution in [3.63, 3.8) is 0 Å². The molecule has 0 radical (unpaired) electrons. The van der Waals surface area contributed by atoms with Crippen molar-refractivity contribution in [1.29, 1.82) is 0 Å². The van der Waals surface area contributed by atoms with Crippen LogP contribution in [-0.4, -0.2) is 41.9 Å². The summed E-state index contributed by atoms with van der Waals surface area (Å²) >= 11 is 0. The highest BCUT2D eigenvalue weighted by molar-refractivity contribution is 5.91. The van der Waals surface area contributed by atoms with Crippen molar-refractivity contribution in [3.05, 3.63) is 46.0 Å². The van der Waals surface area contributed by atoms with E-state index in [2.05, 4.69) is 24.1 Å². The van der Waals surface area contributed by atoms with Crippen molar-refractivity contribution in [1.82, 2.24) is 10.2 Å². The minimum Gasteiger partial charge on any atom is -0.351 e. The van der Waals surface area contributed by atoms with Crippen molar-refractivity contribution < 1.29 is 9.72 Å². The fourth-order valence-corrected chi connectivity index (χ4v) is 1.85. The van der Waals surface area contributed by atoms with Crippen LogP contribution >= 0.6 is 12.4 Å². The Morgan fingerprint density at radius 1 is 1.36 bits per heavy atom. The summed E-state index contributed by atoms with van der Waals surface area (Å²) in [6.07, 6.45) is 2.96. The molecule has 0 aromatic heterocycles. The van der Waals surface area contributed by atoms with Gasteiger partial charge in [0.05, 0.1) is 4.92 Å². The predicted molar refractivity (Wildman–Crippen MR) is 90.2 cm³/mol. The normalized spacial score (nSPS) is 10.5. The summed E-state index contributed by atoms with van der Waals surface area (Å²) in [6, 6.07) is 6.16. The van der Waals surface area contributed by atoms with Gasteiger partial charge in [-0.05, 0) is 24.7 Å². The average molecular weight is 328 g/mol. The number of nitro groups is 1. The van der Waals surface area contributed by atoms with E-state index in [1.807, 2.05) is 0 Å². The molecule has 0 saturated heterocycles. The van der Waals surface area contributed by atoms with Crippen LogP contribution in [0.5, 0.6) is 0 Å². The Labute approximate surface area is 136 Å². The molecule has 6 nitrogen and oxygen atoms in total. The quantitative estimate of drug-likeness (QED) is 0.452. The van der Waals surface area contributed by atoms with Gasteiger partial charge in [0.25, 0.3) is 5.69 Å². The molecule has 0 saturated carbocycles. The number of hydrogen-bond donors (Lipinski definition) is 1. The summed E-state index contributed by atoms with van der Waals surface area (Å²) in [5, 5.41) is 13.4. The molecular weight excluding hydrogens is 306 g/mol. The fraction of sp³-hybridized carbons (Fsp3) is 0.400. The Kier molecular flexibility index (Phi) is 9.82. The topological polar surface area (TPSA) is 75.5 Å². The zero-order chi connectivity index (χ0) is 15.7. The molecule has 0 unspecified atom stereocenters. The predicted octanol–water partition coefficient (Wildman–Crippen LogP) is 2.49. The van der Waals surface area contributed by atoms with Crippen LogP contribution in [0.15, 0.2) is 30.3 Å². The van der Waals surface area contributed by atoms with Gasteiger partial charge in [0.15, 0.2) is 0 Å². The lowest BCUT2D eigenvalue weighted by Gasteiger charge is -2.17. The standard InChI is InChI=1S/C15H21N3O3.ClH/c1-3-17(4-2)11-10-16-15(19)9-8-13-6-5-7-14(12-13)18(20)21;/h5-9,12H,3-4,10-11H2,1-2H3,(H,16,19);1H/b9-8+;. The molecule has 1 N–H and O–H groups in total. The van der Waals surface area contributed by atoms with E-state index < -0.39 is 4.92 Å². The molecule has 0 spiro atoms. The number of nitrogens with zero attached hydrogens (tertiary/aromatic N) is 2. The third kappa shape index (κ3) is 7.19. The number of benzene rings is 1. The van der Waals surface area contributed by atoms with Gasteiger partial charge in [0.1, 0.15) is 0 Å². The van der Waals surface area contributed by atoms with Gasteiger partial charge in [-0.3, -0.25) is 14.9 Å². The maximum absolute atomic E-state index is 11.6. The van der Waals surface area contributed by atoms with Crippen LogP contribution in [0.25, 0.3) is 6.08 Å². The molecule has 0 aliphatic rings. The fourth-order valence-electron chi connectivity index (χ4n) is 1.85. The minimum atomic E-state index is -0.457. The number of carbonyl (C=O) groups is 1. The molecule has 0 atom stereocenters. The first-order chi connectivity index (χ1) is 10.1. The van der Waals surface area contributed by atoms with E-state index in [-0.39, 0.29) is 24.0 Å². The minimum absolute atomic E-state index is 0. The first kappa shape index (κ1) is 20.1. The highest BCUT2D eigenvalue weighted by Gasteiger charge is 2.04. The molecule has 0 fully saturated rings. The van der Waals surface area contributed by atoms with Gasteiger partial charge in [-0.15, -0.1) is 12.4 Å². The number of nitro benzene ring substituents is 1. The third-order valence-electron chi connectivity index (χ3n) is 3.13. The van der Waals surface area contributed by atoms with Gasteiger partial charge in [0, 0.05) is 31.3 Å². The van der Waals surface area contributed by atoms with Crippen molar-refractivity contribution in [2.45, 2.75) is 13.8 Å². The van der Waals surface area contributed by atoms with Gasteiger partial charge < -0.3 is 10.2 Å². The van der Waals surface area contributed by atoms with E-state index >= 15 is 0 Å². The molecule has 0 aliphatic carbocycles. The molecule has 1 amide bonds. The van der Waals surface area contributed by atoms with E-state index in [4.69, 9.17) is 0 Å². The Morgan fingerprint density at radius 2 is 2.05 bits per heavy atom. The summed E-state index contributed by atoms with van der Waals surface area (Å²) in [7, 11) is 0. The van der Waals surface area contributed by atoms with Gasteiger partial charge >= 0.3 is 0 Å². The number of likely N-dealkylation sites (N-methyl/N-ethyl adjacent to an activating group) is 1. The van der Waals surface area contributed by atoms with Crippen molar-refractivity contribution in [3.8, 4) is 0 Å². The number of hydrogen-bond acceptors (Lipinski definition) is 4. The number of rotatable bonds is 8. The van der Waals surface area contributed by atoms with Crippen LogP contribution in [0.3, 0.4) is 0 Å². The van der Waals surface area contributed by atoms with Crippen LogP contribution in [0, 0.1) is 10.1 Å². The molecule has 1 aromatic rings. The lowest BCUT2D eigenvalue weighted by atomic mass is 10.2. The van der Waals surface area contributed by atoms with E-state index in [1.165, 1.54) is 18.2 Å². The number of nitrogens with one attached hydrogen (secondary N) is 1. The van der Waals surface area contributed by atoms with Crippen LogP contribution < -0.4 is 5.32 Å². The number of carbonyl (C=O) groups excluding carboxylic acids is 1. The molecule has 7 heteroatoms. The summed E-state index contributed by atoms with van der Waals surface area (Å²) in [6.45, 7) is 7.45. The molecule has 0 heterocycles. The second-order valence-corrected chi connectivity index (χ2v) is 4.50. The van der Waals surface area contributed by atoms with E-state index in [1.54, 1.807) is 18.2 Å². The maximum Gasteiger partial charge on any atom is 0.270 e. The van der Waals surface area contributed by atoms with Crippen LogP contribution in [0.4, 0.5) is 5.69 Å². The highest BCUT2D eigenvalue weighted by atomic mass is 35.5. The van der Waals surface area contributed by atoms with Crippen molar-refractivity contribution >= 4 is 30.1 Å². The largest absolute Gasteiger partial charge is 0.351 e. The SMILES string of the molecule is CCN(CC)CCNC(=O)/C=C/c1cccc([N+](=O)[O-])c1.Cl. The Balaban J connectivity index is 0.00000441. The molecule has 0 bridgehead atoms. The zero-order valence-electron chi connectivity index (χ0n) is 12.8. The Bertz CT molecular complexity index is 517. The second kappa shape index (κ2) is 10.8. The molecule has 1 aromatic carbocycles. The van der Waals surface area contributed by atoms with Crippen LogP contribution in [0.1, 0.15) is 19.4 Å². The third-order valence-corrected chi connectivity index (χ3v) is 3.13. The first-order valence-corrected chi connectivity index (χ1v) is 6.99. The van der Waals surface area contributed by atoms with Crippen LogP contribution in [-0.2, 0) is 4.79 Å². The first-order valence-electron chi connectivity index (χ1n) is 6.99. The molecule has 0 aliphatic heterocycles. The summed E-state index contributed by atoms with van der Waals surface area (Å²) < 4.78 is 0. The second-order valence-electron chi connectivity index (χ2n) is 4.50. The van der Waals surface area contributed by atoms with E-state index in [9.17, 15) is 14.9 Å². The summed E-state index contributed by atoms with van der Waals surface area (Å²) in [5.74, 6) is -0.200. The van der Waals surface area contributed by atoms with Crippen molar-refractivity contribution in [2.24, 2.45) is 0 Å². The Hall–Kier alpha value is -1.92. The van der Waals surface area contributed by atoms with Crippen molar-refractivity contribution in [2.75, 3.05) is 26.2 Å². The number of halogens is 1. The average Bonchev–Trinajstić information content (AvgIpc) is 2.50. The molecular formula is C15H22ClN3O3. The van der Waals surface area contributed by atoms with Crippen LogP contribution in [0.2, 0.25) is 0 Å². The lowest BCUT2D eigenvalue weighted by Crippen LogP contribution is -2.34. The van der Waals surface area contributed by atoms with E-state index in [0.717, 1.165) is 19.6 Å². The number of non-ortho nitro benzene ring substituents is 1. The summed E-state index contributed by atoms with van der Waals surface area (Å²) in [4.78, 5) is 24.0. The number of amides is 1. The molecule has 1 rings (SSSR count). The molecule has 22 heavy (non-hydrogen) atoms. The monoisotopic (exact) mass is 327 g/mol. The van der Waals surface area contributed by atoms with Gasteiger partial charge in [0.2, 0.25) is 5.91 Å². The van der Waals surface area contributed by atoms with Gasteiger partial charge in [-0.1, -0.05) is 26.0 Å². The lowest BCUT2D eigenvalue weighted by molar-refractivity contribution is -0.384. The molecule has 122 valence electrons. The smallest absolute Gasteiger partial charge is 0.270 e.